The molecule has 0 atom stereocenters. The highest BCUT2D eigenvalue weighted by Crippen LogP contribution is 2.20. The fourth-order valence-corrected chi connectivity index (χ4v) is 5.39. The Labute approximate surface area is 283 Å². The fraction of sp³-hybridized carbons (Fsp3) is 0.300. The number of carbonyl (C=O) groups is 4. The van der Waals surface area contributed by atoms with Gasteiger partial charge in [0, 0.05) is 54.5 Å². The smallest absolute Gasteiger partial charge is 0.335 e. The Hall–Kier alpha value is -5.24. The van der Waals surface area contributed by atoms with Crippen LogP contribution in [-0.2, 0) is 19.6 Å². The summed E-state index contributed by atoms with van der Waals surface area (Å²) in [5.41, 5.74) is 4.63. The minimum absolute atomic E-state index is 0.00316. The van der Waals surface area contributed by atoms with Crippen LogP contribution >= 0.6 is 0 Å². The van der Waals surface area contributed by atoms with Crippen LogP contribution in [-0.4, -0.2) is 61.6 Å². The molecule has 8 heteroatoms. The fourth-order valence-electron chi connectivity index (χ4n) is 5.39. The Morgan fingerprint density at radius 2 is 0.708 bits per heavy atom. The van der Waals surface area contributed by atoms with E-state index in [0.717, 1.165) is 16.7 Å². The molecule has 4 rings (SSSR count). The van der Waals surface area contributed by atoms with Crippen molar-refractivity contribution in [3.63, 3.8) is 0 Å². The molecule has 0 fully saturated rings. The highest BCUT2D eigenvalue weighted by molar-refractivity contribution is 5.96. The van der Waals surface area contributed by atoms with E-state index in [-0.39, 0.29) is 41.4 Å². The monoisotopic (exact) mass is 647 g/mol. The predicted molar refractivity (Wildman–Crippen MR) is 188 cm³/mol. The molecule has 0 unspecified atom stereocenters. The van der Waals surface area contributed by atoms with Gasteiger partial charge < -0.3 is 19.8 Å². The molecule has 0 aromatic heterocycles. The van der Waals surface area contributed by atoms with Crippen molar-refractivity contribution < 1.29 is 24.3 Å². The minimum Gasteiger partial charge on any atom is -0.478 e. The topological polar surface area (TPSA) is 98.2 Å². The van der Waals surface area contributed by atoms with Crippen LogP contribution < -0.4 is 0 Å². The molecule has 0 bridgehead atoms. The second kappa shape index (κ2) is 16.0. The number of carboxylic acids is 1. The highest BCUT2D eigenvalue weighted by atomic mass is 16.4. The molecule has 0 aliphatic rings. The van der Waals surface area contributed by atoms with Crippen molar-refractivity contribution in [3.8, 4) is 0 Å². The van der Waals surface area contributed by atoms with Crippen LogP contribution in [0.25, 0.3) is 0 Å². The van der Waals surface area contributed by atoms with Gasteiger partial charge in [0.25, 0.3) is 17.7 Å². The number of hydrogen-bond donors (Lipinski definition) is 1. The number of benzene rings is 4. The van der Waals surface area contributed by atoms with Crippen LogP contribution in [0.2, 0.25) is 0 Å². The average Bonchev–Trinajstić information content (AvgIpc) is 3.08. The van der Waals surface area contributed by atoms with Gasteiger partial charge in [-0.3, -0.25) is 14.4 Å². The molecule has 4 aromatic carbocycles. The summed E-state index contributed by atoms with van der Waals surface area (Å²) >= 11 is 0. The van der Waals surface area contributed by atoms with Crippen LogP contribution in [0.3, 0.4) is 0 Å². The molecule has 48 heavy (non-hydrogen) atoms. The molecule has 8 nitrogen and oxygen atoms in total. The lowest BCUT2D eigenvalue weighted by molar-refractivity contribution is 0.0678. The Morgan fingerprint density at radius 1 is 0.438 bits per heavy atom. The van der Waals surface area contributed by atoms with Crippen molar-refractivity contribution >= 4 is 23.7 Å². The van der Waals surface area contributed by atoms with Gasteiger partial charge in [0.15, 0.2) is 0 Å². The molecule has 0 saturated heterocycles. The summed E-state index contributed by atoms with van der Waals surface area (Å²) in [6.07, 6.45) is 0. The summed E-state index contributed by atoms with van der Waals surface area (Å²) in [6.45, 7) is 13.0. The van der Waals surface area contributed by atoms with E-state index in [1.165, 1.54) is 0 Å². The Balaban J connectivity index is 1.43. The summed E-state index contributed by atoms with van der Waals surface area (Å²) in [5.74, 6) is -1.25. The molecule has 1 N–H and O–H groups in total. The Kier molecular flexibility index (Phi) is 11.9. The molecule has 4 aromatic rings. The third-order valence-corrected chi connectivity index (χ3v) is 8.33. The zero-order valence-corrected chi connectivity index (χ0v) is 28.6. The molecule has 0 aliphatic heterocycles. The second-order valence-electron chi connectivity index (χ2n) is 12.8. The lowest BCUT2D eigenvalue weighted by Gasteiger charge is -2.29. The molecule has 0 heterocycles. The van der Waals surface area contributed by atoms with E-state index in [1.807, 2.05) is 113 Å². The normalized spacial score (nSPS) is 11.1. The standard InChI is InChI=1S/C40H45N3O5/c1-27(2)41(37(44)33-10-8-7-9-11-33)24-30-12-18-34(19-13-30)38(45)42(28(3)4)25-31-14-20-35(21-15-31)39(46)43(29(5)6)26-32-16-22-36(23-17-32)40(47)48/h7-23,27-29H,24-26H2,1-6H3,(H,47,48). The van der Waals surface area contributed by atoms with Crippen LogP contribution in [0.5, 0.6) is 0 Å². The number of rotatable bonds is 13. The van der Waals surface area contributed by atoms with Crippen LogP contribution in [0.4, 0.5) is 0 Å². The first kappa shape index (κ1) is 35.6. The minimum atomic E-state index is -0.990. The largest absolute Gasteiger partial charge is 0.478 e. The van der Waals surface area contributed by atoms with Crippen molar-refractivity contribution in [2.75, 3.05) is 0 Å². The maximum absolute atomic E-state index is 13.7. The molecule has 3 amide bonds. The zero-order chi connectivity index (χ0) is 35.0. The molecule has 250 valence electrons. The summed E-state index contributed by atoms with van der Waals surface area (Å²) in [5, 5.41) is 9.18. The SMILES string of the molecule is CC(C)N(Cc1ccc(C(=O)N(Cc2ccc(C(=O)N(Cc3ccc(C(=O)O)cc3)C(C)C)cc2)C(C)C)cc1)C(=O)c1ccccc1. The van der Waals surface area contributed by atoms with Crippen molar-refractivity contribution in [2.45, 2.75) is 79.3 Å². The molecule has 0 saturated carbocycles. The molecule has 0 aliphatic carbocycles. The first-order valence-corrected chi connectivity index (χ1v) is 16.3. The number of nitrogens with zero attached hydrogens (tertiary/aromatic N) is 3. The van der Waals surface area contributed by atoms with Crippen molar-refractivity contribution in [1.29, 1.82) is 0 Å². The number of carbonyl (C=O) groups excluding carboxylic acids is 3. The first-order valence-electron chi connectivity index (χ1n) is 16.3. The number of amides is 3. The van der Waals surface area contributed by atoms with E-state index in [0.29, 0.717) is 36.3 Å². The van der Waals surface area contributed by atoms with Crippen molar-refractivity contribution in [2.24, 2.45) is 0 Å². The van der Waals surface area contributed by atoms with E-state index < -0.39 is 5.97 Å². The third kappa shape index (κ3) is 8.97. The Morgan fingerprint density at radius 3 is 0.979 bits per heavy atom. The molecular formula is C40H45N3O5. The van der Waals surface area contributed by atoms with Gasteiger partial charge in [0.05, 0.1) is 5.56 Å². The van der Waals surface area contributed by atoms with E-state index in [2.05, 4.69) is 0 Å². The lowest BCUT2D eigenvalue weighted by atomic mass is 10.1. The van der Waals surface area contributed by atoms with Crippen LogP contribution in [0, 0.1) is 0 Å². The van der Waals surface area contributed by atoms with Gasteiger partial charge >= 0.3 is 5.97 Å². The van der Waals surface area contributed by atoms with Gasteiger partial charge in [-0.25, -0.2) is 4.79 Å². The maximum Gasteiger partial charge on any atom is 0.335 e. The van der Waals surface area contributed by atoms with Gasteiger partial charge in [-0.15, -0.1) is 0 Å². The maximum atomic E-state index is 13.7. The van der Waals surface area contributed by atoms with E-state index >= 15 is 0 Å². The Bertz CT molecular complexity index is 1700. The van der Waals surface area contributed by atoms with Gasteiger partial charge in [0.1, 0.15) is 0 Å². The number of carboxylic acid groups (broad SMARTS) is 1. The van der Waals surface area contributed by atoms with Gasteiger partial charge in [-0.1, -0.05) is 54.6 Å². The van der Waals surface area contributed by atoms with Crippen LogP contribution in [0.15, 0.2) is 103 Å². The van der Waals surface area contributed by atoms with Crippen LogP contribution in [0.1, 0.15) is 99.7 Å². The second-order valence-corrected chi connectivity index (χ2v) is 12.8. The third-order valence-electron chi connectivity index (χ3n) is 8.33. The number of aromatic carboxylic acids is 1. The first-order chi connectivity index (χ1) is 22.8. The number of hydrogen-bond acceptors (Lipinski definition) is 4. The molecule has 0 spiro atoms. The predicted octanol–water partition coefficient (Wildman–Crippen LogP) is 7.54. The average molecular weight is 648 g/mol. The van der Waals surface area contributed by atoms with Crippen molar-refractivity contribution in [1.82, 2.24) is 14.7 Å². The summed E-state index contributed by atoms with van der Waals surface area (Å²) in [6, 6.07) is 30.4. The lowest BCUT2D eigenvalue weighted by Crippen LogP contribution is -2.37. The van der Waals surface area contributed by atoms with E-state index in [9.17, 15) is 24.3 Å². The van der Waals surface area contributed by atoms with Crippen molar-refractivity contribution in [3.05, 3.63) is 142 Å². The molecule has 0 radical (unpaired) electrons. The van der Waals surface area contributed by atoms with Gasteiger partial charge in [-0.05, 0) is 107 Å². The van der Waals surface area contributed by atoms with Gasteiger partial charge in [-0.2, -0.15) is 0 Å². The summed E-state index contributed by atoms with van der Waals surface area (Å²) in [4.78, 5) is 56.9. The summed E-state index contributed by atoms with van der Waals surface area (Å²) < 4.78 is 0. The zero-order valence-electron chi connectivity index (χ0n) is 28.6. The highest BCUT2D eigenvalue weighted by Gasteiger charge is 2.23. The van der Waals surface area contributed by atoms with E-state index in [4.69, 9.17) is 0 Å². The van der Waals surface area contributed by atoms with Gasteiger partial charge in [0.2, 0.25) is 0 Å². The quantitative estimate of drug-likeness (QED) is 0.162. The summed E-state index contributed by atoms with van der Waals surface area (Å²) in [7, 11) is 0. The molecular weight excluding hydrogens is 602 g/mol. The van der Waals surface area contributed by atoms with E-state index in [1.54, 1.807) is 46.2 Å².